The van der Waals surface area contributed by atoms with Gasteiger partial charge in [0.25, 0.3) is 0 Å². The fourth-order valence-corrected chi connectivity index (χ4v) is 2.13. The van der Waals surface area contributed by atoms with Crippen LogP contribution in [0.15, 0.2) is 24.4 Å². The Morgan fingerprint density at radius 2 is 2.31 bits per heavy atom. The first-order chi connectivity index (χ1) is 7.79. The molecule has 1 aromatic heterocycles. The number of rotatable bonds is 3. The topological polar surface area (TPSA) is 45.4 Å². The van der Waals surface area contributed by atoms with E-state index in [1.165, 1.54) is 0 Å². The van der Waals surface area contributed by atoms with E-state index >= 15 is 0 Å². The lowest BCUT2D eigenvalue weighted by Crippen LogP contribution is -2.53. The van der Waals surface area contributed by atoms with E-state index in [2.05, 4.69) is 27.9 Å². The fraction of sp³-hybridized carbons (Fsp3) is 0.583. The molecule has 0 amide bonds. The predicted molar refractivity (Wildman–Crippen MR) is 65.0 cm³/mol. The summed E-state index contributed by atoms with van der Waals surface area (Å²) >= 11 is 0. The number of likely N-dealkylation sites (N-methyl/N-ethyl adjacent to an activating group) is 1. The molecule has 2 heterocycles. The van der Waals surface area contributed by atoms with Gasteiger partial charge in [-0.1, -0.05) is 6.07 Å². The standard InChI is InChI=1S/C12H20N4/c1-15-6-7-16(10-12(15)8-13)9-11-4-2-3-5-14-11/h2-5,12H,6-10,13H2,1H3. The summed E-state index contributed by atoms with van der Waals surface area (Å²) < 4.78 is 0. The number of hydrogen-bond donors (Lipinski definition) is 1. The van der Waals surface area contributed by atoms with Crippen LogP contribution in [0.1, 0.15) is 5.69 Å². The van der Waals surface area contributed by atoms with Crippen molar-refractivity contribution in [3.63, 3.8) is 0 Å². The maximum Gasteiger partial charge on any atom is 0.0543 e. The number of nitrogens with two attached hydrogens (primary N) is 1. The van der Waals surface area contributed by atoms with Crippen molar-refractivity contribution in [2.45, 2.75) is 12.6 Å². The summed E-state index contributed by atoms with van der Waals surface area (Å²) in [6.07, 6.45) is 1.85. The Kier molecular flexibility index (Phi) is 3.88. The molecule has 0 aromatic carbocycles. The molecular weight excluding hydrogens is 200 g/mol. The molecule has 1 fully saturated rings. The molecule has 0 spiro atoms. The highest BCUT2D eigenvalue weighted by Crippen LogP contribution is 2.09. The maximum atomic E-state index is 5.77. The van der Waals surface area contributed by atoms with Crippen LogP contribution in [0, 0.1) is 0 Å². The van der Waals surface area contributed by atoms with Crippen LogP contribution in [-0.2, 0) is 6.54 Å². The zero-order valence-corrected chi connectivity index (χ0v) is 9.84. The highest BCUT2D eigenvalue weighted by Gasteiger charge is 2.22. The van der Waals surface area contributed by atoms with Crippen molar-refractivity contribution >= 4 is 0 Å². The molecule has 0 aliphatic carbocycles. The van der Waals surface area contributed by atoms with Crippen LogP contribution in [0.3, 0.4) is 0 Å². The predicted octanol–water partition coefficient (Wildman–Crippen LogP) is 0.156. The minimum Gasteiger partial charge on any atom is -0.329 e. The molecule has 0 radical (unpaired) electrons. The van der Waals surface area contributed by atoms with Gasteiger partial charge in [-0.25, -0.2) is 0 Å². The highest BCUT2D eigenvalue weighted by molar-refractivity contribution is 5.03. The molecule has 1 aliphatic rings. The van der Waals surface area contributed by atoms with Crippen molar-refractivity contribution < 1.29 is 0 Å². The average molecular weight is 220 g/mol. The third kappa shape index (κ3) is 2.78. The summed E-state index contributed by atoms with van der Waals surface area (Å²) in [6.45, 7) is 4.91. The second-order valence-electron chi connectivity index (χ2n) is 4.43. The highest BCUT2D eigenvalue weighted by atomic mass is 15.3. The molecule has 1 atom stereocenters. The molecular formula is C12H20N4. The quantitative estimate of drug-likeness (QED) is 0.788. The lowest BCUT2D eigenvalue weighted by molar-refractivity contribution is 0.0938. The van der Waals surface area contributed by atoms with E-state index in [1.54, 1.807) is 0 Å². The molecule has 2 rings (SSSR count). The van der Waals surface area contributed by atoms with Gasteiger partial charge < -0.3 is 5.73 Å². The van der Waals surface area contributed by atoms with Crippen molar-refractivity contribution in [2.24, 2.45) is 5.73 Å². The van der Waals surface area contributed by atoms with E-state index in [-0.39, 0.29) is 0 Å². The number of aromatic nitrogens is 1. The molecule has 1 saturated heterocycles. The molecule has 0 saturated carbocycles. The molecule has 16 heavy (non-hydrogen) atoms. The van der Waals surface area contributed by atoms with Crippen molar-refractivity contribution in [3.8, 4) is 0 Å². The summed E-state index contributed by atoms with van der Waals surface area (Å²) in [5.41, 5.74) is 6.91. The third-order valence-electron chi connectivity index (χ3n) is 3.25. The van der Waals surface area contributed by atoms with Crippen LogP contribution in [0.2, 0.25) is 0 Å². The van der Waals surface area contributed by atoms with Crippen molar-refractivity contribution in [1.82, 2.24) is 14.8 Å². The van der Waals surface area contributed by atoms with E-state index < -0.39 is 0 Å². The Labute approximate surface area is 97.1 Å². The van der Waals surface area contributed by atoms with Gasteiger partial charge in [0.1, 0.15) is 0 Å². The van der Waals surface area contributed by atoms with Gasteiger partial charge in [0, 0.05) is 45.0 Å². The number of nitrogens with zero attached hydrogens (tertiary/aromatic N) is 3. The lowest BCUT2D eigenvalue weighted by Gasteiger charge is -2.38. The summed E-state index contributed by atoms with van der Waals surface area (Å²) in [5.74, 6) is 0. The molecule has 4 nitrogen and oxygen atoms in total. The van der Waals surface area contributed by atoms with Crippen LogP contribution in [0.4, 0.5) is 0 Å². The van der Waals surface area contributed by atoms with Gasteiger partial charge in [0.05, 0.1) is 5.69 Å². The first kappa shape index (κ1) is 11.5. The maximum absolute atomic E-state index is 5.77. The molecule has 1 unspecified atom stereocenters. The van der Waals surface area contributed by atoms with E-state index in [4.69, 9.17) is 5.73 Å². The van der Waals surface area contributed by atoms with E-state index in [9.17, 15) is 0 Å². The van der Waals surface area contributed by atoms with Crippen LogP contribution in [0.25, 0.3) is 0 Å². The number of hydrogen-bond acceptors (Lipinski definition) is 4. The molecule has 1 aliphatic heterocycles. The molecule has 4 heteroatoms. The number of piperazine rings is 1. The number of pyridine rings is 1. The summed E-state index contributed by atoms with van der Waals surface area (Å²) in [5, 5.41) is 0. The average Bonchev–Trinajstić information content (AvgIpc) is 2.33. The monoisotopic (exact) mass is 220 g/mol. The van der Waals surface area contributed by atoms with Gasteiger partial charge in [-0.3, -0.25) is 14.8 Å². The third-order valence-corrected chi connectivity index (χ3v) is 3.25. The van der Waals surface area contributed by atoms with Crippen molar-refractivity contribution in [1.29, 1.82) is 0 Å². The summed E-state index contributed by atoms with van der Waals surface area (Å²) in [4.78, 5) is 9.13. The lowest BCUT2D eigenvalue weighted by atomic mass is 10.1. The Morgan fingerprint density at radius 1 is 1.44 bits per heavy atom. The van der Waals surface area contributed by atoms with E-state index in [1.807, 2.05) is 18.3 Å². The molecule has 88 valence electrons. The zero-order valence-electron chi connectivity index (χ0n) is 9.84. The summed E-state index contributed by atoms with van der Waals surface area (Å²) in [6, 6.07) is 6.56. The van der Waals surface area contributed by atoms with E-state index in [0.29, 0.717) is 6.04 Å². The Balaban J connectivity index is 1.92. The second-order valence-corrected chi connectivity index (χ2v) is 4.43. The Morgan fingerprint density at radius 3 is 3.00 bits per heavy atom. The van der Waals surface area contributed by atoms with Gasteiger partial charge >= 0.3 is 0 Å². The zero-order chi connectivity index (χ0) is 11.4. The van der Waals surface area contributed by atoms with Gasteiger partial charge in [-0.15, -0.1) is 0 Å². The Bertz CT molecular complexity index is 314. The van der Waals surface area contributed by atoms with Gasteiger partial charge in [0.2, 0.25) is 0 Å². The van der Waals surface area contributed by atoms with Gasteiger partial charge in [-0.2, -0.15) is 0 Å². The fourth-order valence-electron chi connectivity index (χ4n) is 2.13. The largest absolute Gasteiger partial charge is 0.329 e. The first-order valence-corrected chi connectivity index (χ1v) is 5.82. The SMILES string of the molecule is CN1CCN(Cc2ccccn2)CC1CN. The van der Waals surface area contributed by atoms with Crippen molar-refractivity contribution in [2.75, 3.05) is 33.2 Å². The normalized spacial score (nSPS) is 23.5. The molecule has 0 bridgehead atoms. The smallest absolute Gasteiger partial charge is 0.0543 e. The van der Waals surface area contributed by atoms with Gasteiger partial charge in [-0.05, 0) is 19.2 Å². The van der Waals surface area contributed by atoms with Crippen molar-refractivity contribution in [3.05, 3.63) is 30.1 Å². The molecule has 1 aromatic rings. The molecule has 2 N–H and O–H groups in total. The van der Waals surface area contributed by atoms with Crippen LogP contribution in [-0.4, -0.2) is 54.1 Å². The minimum atomic E-state index is 0.484. The van der Waals surface area contributed by atoms with Crippen LogP contribution in [0.5, 0.6) is 0 Å². The van der Waals surface area contributed by atoms with Crippen LogP contribution >= 0.6 is 0 Å². The minimum absolute atomic E-state index is 0.484. The van der Waals surface area contributed by atoms with E-state index in [0.717, 1.165) is 38.4 Å². The first-order valence-electron chi connectivity index (χ1n) is 5.82. The van der Waals surface area contributed by atoms with Crippen LogP contribution < -0.4 is 5.73 Å². The Hall–Kier alpha value is -0.970. The second kappa shape index (κ2) is 5.39. The summed E-state index contributed by atoms with van der Waals surface area (Å²) in [7, 11) is 2.15. The van der Waals surface area contributed by atoms with Gasteiger partial charge in [0.15, 0.2) is 0 Å².